The van der Waals surface area contributed by atoms with Gasteiger partial charge in [-0.2, -0.15) is 13.2 Å². The third-order valence-electron chi connectivity index (χ3n) is 4.25. The molecule has 3 aromatic rings. The number of carbonyl (C=O) groups excluding carboxylic acids is 1. The molecule has 1 aliphatic rings. The fraction of sp³-hybridized carbons (Fsp3) is 0.111. The monoisotopic (exact) mass is 343 g/mol. The first kappa shape index (κ1) is 15.4. The van der Waals surface area contributed by atoms with Gasteiger partial charge < -0.3 is 5.32 Å². The number of benzene rings is 2. The maximum atomic E-state index is 14.3. The lowest BCUT2D eigenvalue weighted by atomic mass is 9.88. The Morgan fingerprint density at radius 3 is 2.28 bits per heavy atom. The SMILES string of the molecule is O=C1c2ccccc2-c2nccn2C1(Nc1ccccc1)C(F)(F)F. The first-order valence-corrected chi connectivity index (χ1v) is 7.53. The summed E-state index contributed by atoms with van der Waals surface area (Å²) in [5.74, 6) is -0.971. The van der Waals surface area contributed by atoms with Crippen molar-refractivity contribution in [1.29, 1.82) is 0 Å². The second kappa shape index (κ2) is 5.20. The molecule has 0 fully saturated rings. The first-order chi connectivity index (χ1) is 11.9. The van der Waals surface area contributed by atoms with E-state index in [0.29, 0.717) is 5.56 Å². The van der Waals surface area contributed by atoms with Crippen LogP contribution in [0.4, 0.5) is 18.9 Å². The summed E-state index contributed by atoms with van der Waals surface area (Å²) in [6, 6.07) is 14.0. The van der Waals surface area contributed by atoms with E-state index < -0.39 is 17.6 Å². The predicted octanol–water partition coefficient (Wildman–Crippen LogP) is 4.07. The summed E-state index contributed by atoms with van der Waals surface area (Å²) < 4.78 is 43.6. The number of Topliss-reactive ketones (excluding diaryl/α,β-unsaturated/α-hetero) is 1. The average Bonchev–Trinajstić information content (AvgIpc) is 3.08. The highest BCUT2D eigenvalue weighted by molar-refractivity contribution is 6.10. The number of fused-ring (bicyclic) bond motifs is 3. The molecule has 2 aromatic carbocycles. The van der Waals surface area contributed by atoms with Crippen LogP contribution in [0.1, 0.15) is 10.4 Å². The summed E-state index contributed by atoms with van der Waals surface area (Å²) in [7, 11) is 0. The fourth-order valence-electron chi connectivity index (χ4n) is 3.14. The zero-order valence-corrected chi connectivity index (χ0v) is 12.8. The van der Waals surface area contributed by atoms with Crippen LogP contribution in [-0.4, -0.2) is 21.5 Å². The number of aromatic nitrogens is 2. The lowest BCUT2D eigenvalue weighted by Gasteiger charge is -2.40. The third kappa shape index (κ3) is 2.08. The molecule has 0 bridgehead atoms. The maximum Gasteiger partial charge on any atom is 0.438 e. The average molecular weight is 343 g/mol. The van der Waals surface area contributed by atoms with Crippen molar-refractivity contribution in [2.75, 3.05) is 5.32 Å². The molecule has 25 heavy (non-hydrogen) atoms. The van der Waals surface area contributed by atoms with Crippen molar-refractivity contribution in [3.63, 3.8) is 0 Å². The minimum Gasteiger partial charge on any atom is -0.348 e. The minimum atomic E-state index is -4.89. The number of hydrogen-bond donors (Lipinski definition) is 1. The molecule has 0 saturated carbocycles. The Labute approximate surface area is 140 Å². The Morgan fingerprint density at radius 1 is 0.960 bits per heavy atom. The van der Waals surface area contributed by atoms with Crippen molar-refractivity contribution in [3.05, 3.63) is 72.6 Å². The molecule has 0 radical (unpaired) electrons. The van der Waals surface area contributed by atoms with Gasteiger partial charge in [-0.1, -0.05) is 42.5 Å². The van der Waals surface area contributed by atoms with E-state index in [4.69, 9.17) is 0 Å². The number of ketones is 1. The van der Waals surface area contributed by atoms with Crippen molar-refractivity contribution in [3.8, 4) is 11.4 Å². The van der Waals surface area contributed by atoms with Crippen LogP contribution < -0.4 is 5.32 Å². The van der Waals surface area contributed by atoms with Gasteiger partial charge in [-0.3, -0.25) is 9.36 Å². The molecule has 4 nitrogen and oxygen atoms in total. The van der Waals surface area contributed by atoms with Crippen LogP contribution in [0.2, 0.25) is 0 Å². The molecule has 7 heteroatoms. The molecule has 126 valence electrons. The number of hydrogen-bond acceptors (Lipinski definition) is 3. The van der Waals surface area contributed by atoms with Crippen molar-refractivity contribution < 1.29 is 18.0 Å². The molecule has 1 atom stereocenters. The quantitative estimate of drug-likeness (QED) is 0.763. The van der Waals surface area contributed by atoms with Crippen LogP contribution in [0.25, 0.3) is 11.4 Å². The summed E-state index contributed by atoms with van der Waals surface area (Å²) in [6.45, 7) is 0. The Balaban J connectivity index is 2.01. The van der Waals surface area contributed by atoms with E-state index in [9.17, 15) is 18.0 Å². The van der Waals surface area contributed by atoms with Gasteiger partial charge in [0.25, 0.3) is 5.66 Å². The highest BCUT2D eigenvalue weighted by Crippen LogP contribution is 2.46. The largest absolute Gasteiger partial charge is 0.438 e. The van der Waals surface area contributed by atoms with Crippen LogP contribution in [-0.2, 0) is 5.66 Å². The summed E-state index contributed by atoms with van der Waals surface area (Å²) in [6.07, 6.45) is -2.45. The molecule has 0 spiro atoms. The number of para-hydroxylation sites is 1. The van der Waals surface area contributed by atoms with E-state index in [2.05, 4.69) is 10.3 Å². The Hall–Kier alpha value is -3.09. The van der Waals surface area contributed by atoms with Crippen LogP contribution >= 0.6 is 0 Å². The van der Waals surface area contributed by atoms with Crippen molar-refractivity contribution in [2.45, 2.75) is 11.8 Å². The van der Waals surface area contributed by atoms with Gasteiger partial charge in [0.1, 0.15) is 5.82 Å². The standard InChI is InChI=1S/C18H12F3N3O/c19-18(20,21)17(23-12-6-2-1-3-7-12)15(25)13-8-4-5-9-14(13)16-22-10-11-24(16)17/h1-11,23H. The summed E-state index contributed by atoms with van der Waals surface area (Å²) >= 11 is 0. The molecule has 2 heterocycles. The molecular weight excluding hydrogens is 331 g/mol. The Morgan fingerprint density at radius 2 is 1.60 bits per heavy atom. The summed E-state index contributed by atoms with van der Waals surface area (Å²) in [5.41, 5.74) is -2.39. The number of imidazole rings is 1. The van der Waals surface area contributed by atoms with Crippen molar-refractivity contribution in [1.82, 2.24) is 9.55 Å². The van der Waals surface area contributed by atoms with Gasteiger partial charge in [0.15, 0.2) is 0 Å². The van der Waals surface area contributed by atoms with Gasteiger partial charge in [-0.05, 0) is 12.1 Å². The normalized spacial score (nSPS) is 19.2. The number of anilines is 1. The number of nitrogens with zero attached hydrogens (tertiary/aromatic N) is 2. The third-order valence-corrected chi connectivity index (χ3v) is 4.25. The topological polar surface area (TPSA) is 46.9 Å². The van der Waals surface area contributed by atoms with Gasteiger partial charge >= 0.3 is 6.18 Å². The molecule has 1 aromatic heterocycles. The number of alkyl halides is 3. The smallest absolute Gasteiger partial charge is 0.348 e. The molecular formula is C18H12F3N3O. The number of nitrogens with one attached hydrogen (secondary N) is 1. The number of carbonyl (C=O) groups is 1. The second-order valence-corrected chi connectivity index (χ2v) is 5.69. The molecule has 0 aliphatic carbocycles. The minimum absolute atomic E-state index is 0.0121. The van der Waals surface area contributed by atoms with Crippen LogP contribution in [0, 0.1) is 0 Å². The highest BCUT2D eigenvalue weighted by atomic mass is 19.4. The molecule has 1 unspecified atom stereocenters. The molecule has 1 aliphatic heterocycles. The van der Waals surface area contributed by atoms with Gasteiger partial charge in [-0.15, -0.1) is 0 Å². The number of rotatable bonds is 2. The van der Waals surface area contributed by atoms with Gasteiger partial charge in [-0.25, -0.2) is 4.98 Å². The molecule has 0 amide bonds. The summed E-state index contributed by atoms with van der Waals surface area (Å²) in [4.78, 5) is 17.1. The highest BCUT2D eigenvalue weighted by Gasteiger charge is 2.65. The predicted molar refractivity (Wildman–Crippen MR) is 86.1 cm³/mol. The van der Waals surface area contributed by atoms with E-state index in [0.717, 1.165) is 4.57 Å². The van der Waals surface area contributed by atoms with E-state index in [1.54, 1.807) is 36.4 Å². The van der Waals surface area contributed by atoms with Crippen molar-refractivity contribution >= 4 is 11.5 Å². The molecule has 1 N–H and O–H groups in total. The van der Waals surface area contributed by atoms with Crippen molar-refractivity contribution in [2.24, 2.45) is 0 Å². The fourth-order valence-corrected chi connectivity index (χ4v) is 3.14. The molecule has 0 saturated heterocycles. The zero-order valence-electron chi connectivity index (χ0n) is 12.8. The van der Waals surface area contributed by atoms with Crippen LogP contribution in [0.3, 0.4) is 0 Å². The summed E-state index contributed by atoms with van der Waals surface area (Å²) in [5, 5.41) is 2.42. The molecule has 4 rings (SSSR count). The number of halogens is 3. The first-order valence-electron chi connectivity index (χ1n) is 7.53. The van der Waals surface area contributed by atoms with Crippen LogP contribution in [0.5, 0.6) is 0 Å². The van der Waals surface area contributed by atoms with Gasteiger partial charge in [0.2, 0.25) is 5.78 Å². The Bertz CT molecular complexity index is 949. The second-order valence-electron chi connectivity index (χ2n) is 5.69. The van der Waals surface area contributed by atoms with Crippen LogP contribution in [0.15, 0.2) is 67.0 Å². The van der Waals surface area contributed by atoms with E-state index >= 15 is 0 Å². The van der Waals surface area contributed by atoms with E-state index in [-0.39, 0.29) is 17.1 Å². The van der Waals surface area contributed by atoms with Gasteiger partial charge in [0.05, 0.1) is 0 Å². The lowest BCUT2D eigenvalue weighted by Crippen LogP contribution is -2.61. The maximum absolute atomic E-state index is 14.3. The van der Waals surface area contributed by atoms with E-state index in [1.165, 1.54) is 30.6 Å². The van der Waals surface area contributed by atoms with Gasteiger partial charge in [0, 0.05) is 29.2 Å². The van der Waals surface area contributed by atoms with E-state index in [1.807, 2.05) is 0 Å². The Kier molecular flexibility index (Phi) is 3.21. The zero-order chi connectivity index (χ0) is 17.7. The lowest BCUT2D eigenvalue weighted by molar-refractivity contribution is -0.187.